The van der Waals surface area contributed by atoms with Crippen LogP contribution in [0.25, 0.3) is 0 Å². The number of thiocarbonyl (C=S) groups is 1. The van der Waals surface area contributed by atoms with Crippen molar-refractivity contribution in [2.45, 2.75) is 13.3 Å². The lowest BCUT2D eigenvalue weighted by atomic mass is 10.1. The molecular weight excluding hydrogens is 286 g/mol. The number of hydrogen-bond acceptors (Lipinski definition) is 4. The van der Waals surface area contributed by atoms with E-state index in [2.05, 4.69) is 11.4 Å². The maximum atomic E-state index is 12.4. The lowest BCUT2D eigenvalue weighted by Crippen LogP contribution is -2.54. The first kappa shape index (κ1) is 13.8. The molecule has 21 heavy (non-hydrogen) atoms. The Labute approximate surface area is 128 Å². The van der Waals surface area contributed by atoms with Crippen molar-refractivity contribution in [1.82, 2.24) is 10.2 Å². The molecule has 0 saturated carbocycles. The molecule has 2 aliphatic heterocycles. The molecule has 0 aliphatic carbocycles. The van der Waals surface area contributed by atoms with E-state index in [9.17, 15) is 9.59 Å². The minimum atomic E-state index is -0.431. The molecule has 0 radical (unpaired) electrons. The molecule has 1 aromatic rings. The van der Waals surface area contributed by atoms with Gasteiger partial charge in [-0.25, -0.2) is 0 Å². The molecule has 0 bridgehead atoms. The number of fused-ring (bicyclic) bond motifs is 1. The van der Waals surface area contributed by atoms with Crippen LogP contribution in [0, 0.1) is 0 Å². The van der Waals surface area contributed by atoms with Crippen molar-refractivity contribution >= 4 is 34.8 Å². The summed E-state index contributed by atoms with van der Waals surface area (Å²) >= 11 is 5.01. The third-order valence-corrected chi connectivity index (χ3v) is 4.03. The van der Waals surface area contributed by atoms with Gasteiger partial charge in [0.2, 0.25) is 0 Å². The van der Waals surface area contributed by atoms with E-state index in [0.717, 1.165) is 18.7 Å². The minimum absolute atomic E-state index is 0.127. The van der Waals surface area contributed by atoms with Crippen LogP contribution >= 0.6 is 12.2 Å². The van der Waals surface area contributed by atoms with Crippen molar-refractivity contribution in [3.8, 4) is 0 Å². The highest BCUT2D eigenvalue weighted by atomic mass is 32.1. The number of hydrogen-bond donors (Lipinski definition) is 1. The van der Waals surface area contributed by atoms with Gasteiger partial charge < -0.3 is 4.90 Å². The summed E-state index contributed by atoms with van der Waals surface area (Å²) in [5.74, 6) is -0.769. The van der Waals surface area contributed by atoms with Crippen molar-refractivity contribution in [3.05, 3.63) is 41.6 Å². The number of benzene rings is 1. The van der Waals surface area contributed by atoms with Gasteiger partial charge in [0.25, 0.3) is 11.8 Å². The van der Waals surface area contributed by atoms with Crippen LogP contribution in [-0.2, 0) is 16.0 Å². The molecular formula is C15H15N3O2S. The van der Waals surface area contributed by atoms with E-state index < -0.39 is 5.91 Å². The van der Waals surface area contributed by atoms with Crippen LogP contribution in [0.15, 0.2) is 36.0 Å². The van der Waals surface area contributed by atoms with Gasteiger partial charge in [0.15, 0.2) is 5.11 Å². The molecule has 1 N–H and O–H groups in total. The maximum Gasteiger partial charge on any atom is 0.267 e. The number of nitrogens with one attached hydrogen (secondary N) is 1. The van der Waals surface area contributed by atoms with Crippen LogP contribution in [0.1, 0.15) is 12.5 Å². The Kier molecular flexibility index (Phi) is 3.47. The van der Waals surface area contributed by atoms with Crippen molar-refractivity contribution < 1.29 is 9.59 Å². The molecule has 5 nitrogen and oxygen atoms in total. The molecule has 3 rings (SSSR count). The zero-order valence-electron chi connectivity index (χ0n) is 11.6. The molecule has 0 aromatic heterocycles. The number of nitrogens with zero attached hydrogens (tertiary/aromatic N) is 2. The first-order chi connectivity index (χ1) is 10.1. The Morgan fingerprint density at radius 2 is 2.10 bits per heavy atom. The number of likely N-dealkylation sites (N-methyl/N-ethyl adjacent to an activating group) is 1. The summed E-state index contributed by atoms with van der Waals surface area (Å²) in [7, 11) is 0. The highest BCUT2D eigenvalue weighted by Gasteiger charge is 2.33. The highest BCUT2D eigenvalue weighted by molar-refractivity contribution is 7.80. The third-order valence-electron chi connectivity index (χ3n) is 3.71. The standard InChI is InChI=1S/C15H15N3O2S/c1-2-18-14(20)11(13(19)16-15(18)21)9-17-8-7-10-5-3-4-6-12(10)17/h3-6,9H,2,7-8H2,1H3,(H,16,19,21)/b11-9-. The normalized spacial score (nSPS) is 20.0. The van der Waals surface area contributed by atoms with Crippen LogP contribution in [0.4, 0.5) is 5.69 Å². The van der Waals surface area contributed by atoms with Crippen LogP contribution in [-0.4, -0.2) is 34.9 Å². The molecule has 2 aliphatic rings. The van der Waals surface area contributed by atoms with Gasteiger partial charge in [0.1, 0.15) is 5.57 Å². The predicted octanol–water partition coefficient (Wildman–Crippen LogP) is 1.20. The Hall–Kier alpha value is -2.21. The maximum absolute atomic E-state index is 12.4. The largest absolute Gasteiger partial charge is 0.346 e. The lowest BCUT2D eigenvalue weighted by Gasteiger charge is -2.28. The van der Waals surface area contributed by atoms with Gasteiger partial charge in [-0.15, -0.1) is 0 Å². The van der Waals surface area contributed by atoms with Gasteiger partial charge in [-0.1, -0.05) is 18.2 Å². The van der Waals surface area contributed by atoms with E-state index in [1.165, 1.54) is 10.5 Å². The Morgan fingerprint density at radius 1 is 1.33 bits per heavy atom. The first-order valence-electron chi connectivity index (χ1n) is 6.85. The Bertz CT molecular complexity index is 669. The highest BCUT2D eigenvalue weighted by Crippen LogP contribution is 2.28. The van der Waals surface area contributed by atoms with E-state index in [1.54, 1.807) is 6.20 Å². The second kappa shape index (κ2) is 5.29. The fourth-order valence-corrected chi connectivity index (χ4v) is 2.93. The van der Waals surface area contributed by atoms with Gasteiger partial charge >= 0.3 is 0 Å². The molecule has 0 atom stereocenters. The smallest absolute Gasteiger partial charge is 0.267 e. The summed E-state index contributed by atoms with van der Waals surface area (Å²) in [6.45, 7) is 3.02. The Balaban J connectivity index is 1.94. The molecule has 6 heteroatoms. The molecule has 2 heterocycles. The lowest BCUT2D eigenvalue weighted by molar-refractivity contribution is -0.128. The summed E-state index contributed by atoms with van der Waals surface area (Å²) < 4.78 is 0. The third kappa shape index (κ3) is 2.31. The van der Waals surface area contributed by atoms with Crippen LogP contribution in [0.5, 0.6) is 0 Å². The average Bonchev–Trinajstić information content (AvgIpc) is 2.87. The second-order valence-corrected chi connectivity index (χ2v) is 5.31. The number of anilines is 1. The van der Waals surface area contributed by atoms with Gasteiger partial charge in [0, 0.05) is 25.0 Å². The quantitative estimate of drug-likeness (QED) is 0.506. The molecule has 2 amide bonds. The first-order valence-corrected chi connectivity index (χ1v) is 7.26. The monoisotopic (exact) mass is 301 g/mol. The van der Waals surface area contributed by atoms with Crippen molar-refractivity contribution in [3.63, 3.8) is 0 Å². The summed E-state index contributed by atoms with van der Waals surface area (Å²) in [4.78, 5) is 27.7. The van der Waals surface area contributed by atoms with Crippen LogP contribution in [0.2, 0.25) is 0 Å². The van der Waals surface area contributed by atoms with Crippen molar-refractivity contribution in [2.24, 2.45) is 0 Å². The number of carbonyl (C=O) groups is 2. The number of para-hydroxylation sites is 1. The second-order valence-electron chi connectivity index (χ2n) is 4.92. The molecule has 1 fully saturated rings. The van der Waals surface area contributed by atoms with E-state index in [4.69, 9.17) is 12.2 Å². The van der Waals surface area contributed by atoms with E-state index in [0.29, 0.717) is 6.54 Å². The predicted molar refractivity (Wildman–Crippen MR) is 83.7 cm³/mol. The summed E-state index contributed by atoms with van der Waals surface area (Å²) in [5, 5.41) is 2.73. The number of rotatable bonds is 2. The van der Waals surface area contributed by atoms with Gasteiger partial charge in [-0.05, 0) is 37.2 Å². The number of carbonyl (C=O) groups excluding carboxylic acids is 2. The Morgan fingerprint density at radius 3 is 2.86 bits per heavy atom. The molecule has 0 spiro atoms. The topological polar surface area (TPSA) is 52.7 Å². The fourth-order valence-electron chi connectivity index (χ4n) is 2.62. The van der Waals surface area contributed by atoms with E-state index >= 15 is 0 Å². The minimum Gasteiger partial charge on any atom is -0.346 e. The van der Waals surface area contributed by atoms with Crippen LogP contribution < -0.4 is 10.2 Å². The van der Waals surface area contributed by atoms with Gasteiger partial charge in [-0.2, -0.15) is 0 Å². The SMILES string of the molecule is CCN1C(=O)/C(=C\N2CCc3ccccc32)C(=O)NC1=S. The van der Waals surface area contributed by atoms with E-state index in [1.807, 2.05) is 30.0 Å². The van der Waals surface area contributed by atoms with Crippen molar-refractivity contribution in [1.29, 1.82) is 0 Å². The molecule has 1 aromatic carbocycles. The molecule has 0 unspecified atom stereocenters. The average molecular weight is 301 g/mol. The molecule has 1 saturated heterocycles. The van der Waals surface area contributed by atoms with Gasteiger partial charge in [0.05, 0.1) is 0 Å². The summed E-state index contributed by atoms with van der Waals surface area (Å²) in [6, 6.07) is 7.99. The zero-order chi connectivity index (χ0) is 15.0. The van der Waals surface area contributed by atoms with E-state index in [-0.39, 0.29) is 16.6 Å². The summed E-state index contributed by atoms with van der Waals surface area (Å²) in [6.07, 6.45) is 2.54. The van der Waals surface area contributed by atoms with Gasteiger partial charge in [-0.3, -0.25) is 19.8 Å². The summed E-state index contributed by atoms with van der Waals surface area (Å²) in [5.41, 5.74) is 2.39. The molecule has 108 valence electrons. The van der Waals surface area contributed by atoms with Crippen molar-refractivity contribution in [2.75, 3.05) is 18.0 Å². The van der Waals surface area contributed by atoms with Crippen LogP contribution in [0.3, 0.4) is 0 Å². The number of amides is 2. The zero-order valence-corrected chi connectivity index (χ0v) is 12.4. The fraction of sp³-hybridized carbons (Fsp3) is 0.267.